The summed E-state index contributed by atoms with van der Waals surface area (Å²) < 4.78 is 5.08. The van der Waals surface area contributed by atoms with Crippen LogP contribution in [0.4, 0.5) is 0 Å². The van der Waals surface area contributed by atoms with Crippen molar-refractivity contribution in [2.75, 3.05) is 6.54 Å². The van der Waals surface area contributed by atoms with Gasteiger partial charge in [-0.05, 0) is 12.1 Å². The molecule has 0 aliphatic rings. The van der Waals surface area contributed by atoms with Crippen molar-refractivity contribution < 1.29 is 18.8 Å². The van der Waals surface area contributed by atoms with Gasteiger partial charge in [-0.25, -0.2) is 0 Å². The first-order chi connectivity index (χ1) is 11.1. The van der Waals surface area contributed by atoms with Crippen LogP contribution in [0.1, 0.15) is 29.0 Å². The normalized spacial score (nSPS) is 10.1. The summed E-state index contributed by atoms with van der Waals surface area (Å²) in [5, 5.41) is 5.10. The molecule has 1 aromatic heterocycles. The van der Waals surface area contributed by atoms with Gasteiger partial charge in [0.1, 0.15) is 5.76 Å². The molecule has 2 aromatic rings. The second-order valence-electron chi connectivity index (χ2n) is 4.92. The van der Waals surface area contributed by atoms with Crippen LogP contribution in [0.25, 0.3) is 0 Å². The van der Waals surface area contributed by atoms with Gasteiger partial charge in [-0.1, -0.05) is 30.3 Å². The number of benzene rings is 1. The Morgan fingerprint density at radius 3 is 2.35 bits per heavy atom. The van der Waals surface area contributed by atoms with E-state index < -0.39 is 0 Å². The summed E-state index contributed by atoms with van der Waals surface area (Å²) in [5.74, 6) is -0.104. The first-order valence-electron chi connectivity index (χ1n) is 7.29. The minimum Gasteiger partial charge on any atom is -0.467 e. The summed E-state index contributed by atoms with van der Waals surface area (Å²) in [6, 6.07) is 12.3. The average Bonchev–Trinajstić information content (AvgIpc) is 3.10. The van der Waals surface area contributed by atoms with E-state index in [0.717, 1.165) is 0 Å². The molecular weight excluding hydrogens is 296 g/mol. The maximum Gasteiger partial charge on any atom is 0.239 e. The van der Waals surface area contributed by atoms with E-state index in [9.17, 15) is 14.4 Å². The van der Waals surface area contributed by atoms with Crippen molar-refractivity contribution in [1.82, 2.24) is 10.6 Å². The third-order valence-corrected chi connectivity index (χ3v) is 3.16. The summed E-state index contributed by atoms with van der Waals surface area (Å²) in [7, 11) is 0. The van der Waals surface area contributed by atoms with Crippen LogP contribution >= 0.6 is 0 Å². The van der Waals surface area contributed by atoms with Crippen molar-refractivity contribution in [2.24, 2.45) is 0 Å². The molecule has 23 heavy (non-hydrogen) atoms. The lowest BCUT2D eigenvalue weighted by Gasteiger charge is -2.06. The molecule has 0 spiro atoms. The van der Waals surface area contributed by atoms with Crippen LogP contribution in [0.15, 0.2) is 53.1 Å². The topological polar surface area (TPSA) is 88.4 Å². The Morgan fingerprint density at radius 2 is 1.65 bits per heavy atom. The number of ketones is 1. The van der Waals surface area contributed by atoms with E-state index >= 15 is 0 Å². The maximum atomic E-state index is 11.9. The summed E-state index contributed by atoms with van der Waals surface area (Å²) >= 11 is 0. The van der Waals surface area contributed by atoms with Gasteiger partial charge < -0.3 is 15.1 Å². The highest BCUT2D eigenvalue weighted by molar-refractivity contribution is 5.98. The summed E-state index contributed by atoms with van der Waals surface area (Å²) in [5.41, 5.74) is 0.580. The highest BCUT2D eigenvalue weighted by Gasteiger charge is 2.10. The second kappa shape index (κ2) is 8.53. The Bertz CT molecular complexity index is 650. The maximum absolute atomic E-state index is 11.9. The Labute approximate surface area is 133 Å². The van der Waals surface area contributed by atoms with Crippen LogP contribution < -0.4 is 10.6 Å². The highest BCUT2D eigenvalue weighted by atomic mass is 16.3. The van der Waals surface area contributed by atoms with Crippen molar-refractivity contribution in [3.8, 4) is 0 Å². The number of furan rings is 1. The van der Waals surface area contributed by atoms with Crippen LogP contribution in [-0.4, -0.2) is 24.1 Å². The molecule has 0 atom stereocenters. The van der Waals surface area contributed by atoms with E-state index in [-0.39, 0.29) is 43.5 Å². The highest BCUT2D eigenvalue weighted by Crippen LogP contribution is 2.04. The van der Waals surface area contributed by atoms with E-state index in [0.29, 0.717) is 11.3 Å². The fourth-order valence-electron chi connectivity index (χ4n) is 1.92. The van der Waals surface area contributed by atoms with E-state index in [1.165, 1.54) is 6.26 Å². The molecule has 2 N–H and O–H groups in total. The minimum atomic E-state index is -0.331. The lowest BCUT2D eigenvalue weighted by atomic mass is 10.1. The molecule has 120 valence electrons. The van der Waals surface area contributed by atoms with Gasteiger partial charge in [0, 0.05) is 18.4 Å². The van der Waals surface area contributed by atoms with Gasteiger partial charge in [0.25, 0.3) is 0 Å². The Balaban J connectivity index is 1.63. The predicted molar refractivity (Wildman–Crippen MR) is 83.6 cm³/mol. The molecule has 0 saturated carbocycles. The summed E-state index contributed by atoms with van der Waals surface area (Å²) in [6.45, 7) is 0.146. The fraction of sp³-hybridized carbons (Fsp3) is 0.235. The van der Waals surface area contributed by atoms with Gasteiger partial charge in [-0.2, -0.15) is 0 Å². The standard InChI is InChI=1S/C17H18N2O4/c20-15(13-5-2-1-3-6-13)8-9-16(21)19-12-17(22)18-11-14-7-4-10-23-14/h1-7,10H,8-9,11-12H2,(H,18,22)(H,19,21). The Kier molecular flexibility index (Phi) is 6.11. The smallest absolute Gasteiger partial charge is 0.239 e. The molecule has 1 aromatic carbocycles. The molecule has 6 heteroatoms. The summed E-state index contributed by atoms with van der Waals surface area (Å²) in [6.07, 6.45) is 1.69. The first kappa shape index (κ1) is 16.5. The number of amides is 2. The van der Waals surface area contributed by atoms with Gasteiger partial charge in [-0.3, -0.25) is 14.4 Å². The second-order valence-corrected chi connectivity index (χ2v) is 4.92. The van der Waals surface area contributed by atoms with Gasteiger partial charge in [0.15, 0.2) is 5.78 Å². The minimum absolute atomic E-state index is 0.0548. The van der Waals surface area contributed by atoms with Crippen LogP contribution in [0, 0.1) is 0 Å². The zero-order valence-corrected chi connectivity index (χ0v) is 12.6. The fourth-order valence-corrected chi connectivity index (χ4v) is 1.92. The van der Waals surface area contributed by atoms with Crippen molar-refractivity contribution in [3.63, 3.8) is 0 Å². The van der Waals surface area contributed by atoms with E-state index in [2.05, 4.69) is 10.6 Å². The number of rotatable bonds is 8. The number of hydrogen-bond donors (Lipinski definition) is 2. The monoisotopic (exact) mass is 314 g/mol. The van der Waals surface area contributed by atoms with Crippen molar-refractivity contribution >= 4 is 17.6 Å². The van der Waals surface area contributed by atoms with Gasteiger partial charge in [-0.15, -0.1) is 0 Å². The van der Waals surface area contributed by atoms with Gasteiger partial charge >= 0.3 is 0 Å². The van der Waals surface area contributed by atoms with Gasteiger partial charge in [0.05, 0.1) is 19.4 Å². The molecule has 0 aliphatic carbocycles. The molecular formula is C17H18N2O4. The van der Waals surface area contributed by atoms with Crippen LogP contribution in [0.5, 0.6) is 0 Å². The summed E-state index contributed by atoms with van der Waals surface area (Å²) in [4.78, 5) is 35.1. The molecule has 0 bridgehead atoms. The molecule has 2 amide bonds. The van der Waals surface area contributed by atoms with E-state index in [1.807, 2.05) is 6.07 Å². The lowest BCUT2D eigenvalue weighted by Crippen LogP contribution is -2.36. The molecule has 0 radical (unpaired) electrons. The number of hydrogen-bond acceptors (Lipinski definition) is 4. The number of carbonyl (C=O) groups is 3. The van der Waals surface area contributed by atoms with Crippen LogP contribution in [0.3, 0.4) is 0 Å². The van der Waals surface area contributed by atoms with Crippen molar-refractivity contribution in [2.45, 2.75) is 19.4 Å². The molecule has 6 nitrogen and oxygen atoms in total. The Morgan fingerprint density at radius 1 is 0.870 bits per heavy atom. The van der Waals surface area contributed by atoms with E-state index in [1.54, 1.807) is 36.4 Å². The molecule has 1 heterocycles. The third-order valence-electron chi connectivity index (χ3n) is 3.16. The van der Waals surface area contributed by atoms with Crippen molar-refractivity contribution in [1.29, 1.82) is 0 Å². The average molecular weight is 314 g/mol. The first-order valence-corrected chi connectivity index (χ1v) is 7.29. The quantitative estimate of drug-likeness (QED) is 0.726. The molecule has 2 rings (SSSR count). The SMILES string of the molecule is O=C(CCC(=O)c1ccccc1)NCC(=O)NCc1ccco1. The largest absolute Gasteiger partial charge is 0.467 e. The molecule has 0 saturated heterocycles. The predicted octanol–water partition coefficient (Wildman–Crippen LogP) is 1.68. The zero-order chi connectivity index (χ0) is 16.5. The van der Waals surface area contributed by atoms with Gasteiger partial charge in [0.2, 0.25) is 11.8 Å². The lowest BCUT2D eigenvalue weighted by molar-refractivity contribution is -0.126. The number of carbonyl (C=O) groups excluding carboxylic acids is 3. The van der Waals surface area contributed by atoms with Crippen molar-refractivity contribution in [3.05, 3.63) is 60.1 Å². The Hall–Kier alpha value is -2.89. The van der Waals surface area contributed by atoms with Crippen LogP contribution in [0.2, 0.25) is 0 Å². The zero-order valence-electron chi connectivity index (χ0n) is 12.6. The van der Waals surface area contributed by atoms with Crippen LogP contribution in [-0.2, 0) is 16.1 Å². The number of nitrogens with one attached hydrogen (secondary N) is 2. The molecule has 0 aliphatic heterocycles. The number of Topliss-reactive ketones (excluding diaryl/α,β-unsaturated/α-hetero) is 1. The third kappa shape index (κ3) is 5.78. The molecule has 0 unspecified atom stereocenters. The van der Waals surface area contributed by atoms with E-state index in [4.69, 9.17) is 4.42 Å². The molecule has 0 fully saturated rings.